The fourth-order valence-electron chi connectivity index (χ4n) is 3.46. The molecule has 11 heteroatoms. The number of rotatable bonds is 3. The highest BCUT2D eigenvalue weighted by molar-refractivity contribution is 7.17. The number of amides is 2. The van der Waals surface area contributed by atoms with Gasteiger partial charge in [-0.3, -0.25) is 9.59 Å². The number of nitrogens with zero attached hydrogens (tertiary/aromatic N) is 1. The van der Waals surface area contributed by atoms with Gasteiger partial charge in [-0.15, -0.1) is 11.3 Å². The second-order valence-electron chi connectivity index (χ2n) is 7.03. The first-order valence-electron chi connectivity index (χ1n) is 8.94. The van der Waals surface area contributed by atoms with Crippen molar-refractivity contribution >= 4 is 28.2 Å². The van der Waals surface area contributed by atoms with Crippen LogP contribution in [0.5, 0.6) is 0 Å². The first-order chi connectivity index (χ1) is 14.1. The summed E-state index contributed by atoms with van der Waals surface area (Å²) < 4.78 is 71.5. The predicted molar refractivity (Wildman–Crippen MR) is 97.9 cm³/mol. The lowest BCUT2D eigenvalue weighted by Crippen LogP contribution is -2.58. The SMILES string of the molecule is O=C(Nc1sc2c(c1C(=O)N1CC(F)(F)C1)CCOC2)c1ccccc1C(F)(F)F. The number of carbonyl (C=O) groups excluding carboxylic acids is 2. The molecule has 0 spiro atoms. The molecule has 1 N–H and O–H groups in total. The van der Waals surface area contributed by atoms with Crippen LogP contribution in [0.15, 0.2) is 24.3 Å². The lowest BCUT2D eigenvalue weighted by Gasteiger charge is -2.39. The van der Waals surface area contributed by atoms with Gasteiger partial charge in [0.1, 0.15) is 5.00 Å². The Bertz CT molecular complexity index is 1010. The topological polar surface area (TPSA) is 58.6 Å². The molecule has 2 aromatic rings. The quantitative estimate of drug-likeness (QED) is 0.720. The van der Waals surface area contributed by atoms with Gasteiger partial charge < -0.3 is 15.0 Å². The van der Waals surface area contributed by atoms with Crippen molar-refractivity contribution in [2.75, 3.05) is 25.0 Å². The Hall–Kier alpha value is -2.53. The molecule has 1 saturated heterocycles. The van der Waals surface area contributed by atoms with Crippen LogP contribution in [0.3, 0.4) is 0 Å². The molecule has 0 unspecified atom stereocenters. The summed E-state index contributed by atoms with van der Waals surface area (Å²) in [7, 11) is 0. The lowest BCUT2D eigenvalue weighted by atomic mass is 10.0. The van der Waals surface area contributed by atoms with Gasteiger partial charge in [-0.1, -0.05) is 12.1 Å². The van der Waals surface area contributed by atoms with E-state index in [9.17, 15) is 31.5 Å². The van der Waals surface area contributed by atoms with E-state index in [-0.39, 0.29) is 17.2 Å². The van der Waals surface area contributed by atoms with Crippen LogP contribution in [0.25, 0.3) is 0 Å². The fraction of sp³-hybridized carbons (Fsp3) is 0.368. The first-order valence-corrected chi connectivity index (χ1v) is 9.75. The summed E-state index contributed by atoms with van der Waals surface area (Å²) in [6.45, 7) is -0.996. The Morgan fingerprint density at radius 2 is 1.87 bits per heavy atom. The zero-order valence-electron chi connectivity index (χ0n) is 15.3. The molecule has 2 amide bonds. The summed E-state index contributed by atoms with van der Waals surface area (Å²) in [5.41, 5.74) is -1.08. The van der Waals surface area contributed by atoms with Gasteiger partial charge >= 0.3 is 6.18 Å². The minimum atomic E-state index is -4.74. The largest absolute Gasteiger partial charge is 0.417 e. The summed E-state index contributed by atoms with van der Waals surface area (Å²) in [6.07, 6.45) is -4.40. The molecular formula is C19H15F5N2O3S. The van der Waals surface area contributed by atoms with Crippen molar-refractivity contribution in [3.05, 3.63) is 51.4 Å². The number of carbonyl (C=O) groups is 2. The van der Waals surface area contributed by atoms with Crippen molar-refractivity contribution in [2.24, 2.45) is 0 Å². The highest BCUT2D eigenvalue weighted by Crippen LogP contribution is 2.40. The van der Waals surface area contributed by atoms with E-state index >= 15 is 0 Å². The van der Waals surface area contributed by atoms with E-state index in [2.05, 4.69) is 5.32 Å². The highest BCUT2D eigenvalue weighted by Gasteiger charge is 2.47. The number of nitrogens with one attached hydrogen (secondary N) is 1. The molecule has 160 valence electrons. The Balaban J connectivity index is 1.68. The second-order valence-corrected chi connectivity index (χ2v) is 8.13. The van der Waals surface area contributed by atoms with E-state index in [0.717, 1.165) is 28.4 Å². The van der Waals surface area contributed by atoms with Gasteiger partial charge in [0.05, 0.1) is 43.0 Å². The molecule has 0 radical (unpaired) electrons. The Kier molecular flexibility index (Phi) is 5.05. The van der Waals surface area contributed by atoms with Crippen molar-refractivity contribution in [3.63, 3.8) is 0 Å². The average Bonchev–Trinajstić information content (AvgIpc) is 3.02. The number of likely N-dealkylation sites (tertiary alicyclic amines) is 1. The summed E-state index contributed by atoms with van der Waals surface area (Å²) in [6, 6.07) is 4.29. The van der Waals surface area contributed by atoms with Crippen LogP contribution in [0.4, 0.5) is 27.0 Å². The molecule has 0 saturated carbocycles. The molecule has 0 bridgehead atoms. The van der Waals surface area contributed by atoms with E-state index in [1.807, 2.05) is 0 Å². The Morgan fingerprint density at radius 3 is 2.53 bits per heavy atom. The highest BCUT2D eigenvalue weighted by atomic mass is 32.1. The third-order valence-corrected chi connectivity index (χ3v) is 5.99. The summed E-state index contributed by atoms with van der Waals surface area (Å²) in [5.74, 6) is -4.69. The lowest BCUT2D eigenvalue weighted by molar-refractivity contribution is -0.137. The van der Waals surface area contributed by atoms with Gasteiger partial charge in [-0.2, -0.15) is 13.2 Å². The normalized spacial score (nSPS) is 17.8. The molecule has 3 heterocycles. The van der Waals surface area contributed by atoms with Gasteiger partial charge in [0, 0.05) is 4.88 Å². The molecule has 30 heavy (non-hydrogen) atoms. The first kappa shape index (κ1) is 20.7. The van der Waals surface area contributed by atoms with Crippen molar-refractivity contribution in [1.82, 2.24) is 4.90 Å². The van der Waals surface area contributed by atoms with Crippen molar-refractivity contribution < 1.29 is 36.3 Å². The number of halogens is 5. The van der Waals surface area contributed by atoms with Crippen LogP contribution in [-0.4, -0.2) is 42.3 Å². The molecule has 1 aromatic heterocycles. The molecule has 5 nitrogen and oxygen atoms in total. The standard InChI is InChI=1S/C19H15F5N2O3S/c20-18(21)8-26(9-18)17(28)14-11-5-6-29-7-13(11)30-16(14)25-15(27)10-3-1-2-4-12(10)19(22,23)24/h1-4H,5-9H2,(H,25,27). The maximum absolute atomic E-state index is 13.2. The number of hydrogen-bond donors (Lipinski definition) is 1. The fourth-order valence-corrected chi connectivity index (χ4v) is 4.63. The molecule has 2 aliphatic rings. The second kappa shape index (κ2) is 7.31. The summed E-state index contributed by atoms with van der Waals surface area (Å²) in [5, 5.41) is 2.43. The van der Waals surface area contributed by atoms with Gasteiger partial charge in [-0.05, 0) is 24.1 Å². The maximum Gasteiger partial charge on any atom is 0.417 e. The van der Waals surface area contributed by atoms with Crippen LogP contribution in [0.2, 0.25) is 0 Å². The van der Waals surface area contributed by atoms with Crippen LogP contribution >= 0.6 is 11.3 Å². The van der Waals surface area contributed by atoms with Gasteiger partial charge in [-0.25, -0.2) is 8.78 Å². The van der Waals surface area contributed by atoms with Crippen molar-refractivity contribution in [1.29, 1.82) is 0 Å². The number of hydrogen-bond acceptors (Lipinski definition) is 4. The van der Waals surface area contributed by atoms with E-state index in [1.54, 1.807) is 0 Å². The number of anilines is 1. The van der Waals surface area contributed by atoms with Gasteiger partial charge in [0.25, 0.3) is 17.7 Å². The monoisotopic (exact) mass is 446 g/mol. The minimum absolute atomic E-state index is 0.0349. The van der Waals surface area contributed by atoms with Crippen LogP contribution in [0, 0.1) is 0 Å². The molecular weight excluding hydrogens is 431 g/mol. The van der Waals surface area contributed by atoms with E-state index in [0.29, 0.717) is 23.5 Å². The van der Waals surface area contributed by atoms with E-state index in [4.69, 9.17) is 4.74 Å². The predicted octanol–water partition coefficient (Wildman–Crippen LogP) is 4.18. The molecule has 2 aliphatic heterocycles. The third kappa shape index (κ3) is 3.79. The Labute approximate surface area is 171 Å². The number of ether oxygens (including phenoxy) is 1. The van der Waals surface area contributed by atoms with Crippen molar-refractivity contribution in [3.8, 4) is 0 Å². The average molecular weight is 446 g/mol. The third-order valence-electron chi connectivity index (χ3n) is 4.87. The zero-order valence-corrected chi connectivity index (χ0v) is 16.1. The number of thiophene rings is 1. The molecule has 1 fully saturated rings. The molecule has 0 atom stereocenters. The van der Waals surface area contributed by atoms with E-state index < -0.39 is 48.1 Å². The van der Waals surface area contributed by atoms with E-state index in [1.165, 1.54) is 12.1 Å². The number of alkyl halides is 5. The Morgan fingerprint density at radius 1 is 1.17 bits per heavy atom. The molecule has 1 aromatic carbocycles. The van der Waals surface area contributed by atoms with Crippen LogP contribution < -0.4 is 5.32 Å². The maximum atomic E-state index is 13.2. The zero-order chi connectivity index (χ0) is 21.7. The summed E-state index contributed by atoms with van der Waals surface area (Å²) in [4.78, 5) is 27.1. The molecule has 4 rings (SSSR count). The number of benzene rings is 1. The number of fused-ring (bicyclic) bond motifs is 1. The van der Waals surface area contributed by atoms with Gasteiger partial charge in [0.15, 0.2) is 0 Å². The van der Waals surface area contributed by atoms with Crippen LogP contribution in [0.1, 0.15) is 36.7 Å². The minimum Gasteiger partial charge on any atom is -0.376 e. The van der Waals surface area contributed by atoms with Gasteiger partial charge in [0.2, 0.25) is 0 Å². The molecule has 0 aliphatic carbocycles. The summed E-state index contributed by atoms with van der Waals surface area (Å²) >= 11 is 1.01. The van der Waals surface area contributed by atoms with Crippen LogP contribution in [-0.2, 0) is 23.9 Å². The van der Waals surface area contributed by atoms with Crippen molar-refractivity contribution in [2.45, 2.75) is 25.1 Å². The smallest absolute Gasteiger partial charge is 0.376 e.